The van der Waals surface area contributed by atoms with Crippen molar-refractivity contribution < 1.29 is 0 Å². The summed E-state index contributed by atoms with van der Waals surface area (Å²) < 4.78 is 2.31. The molecule has 0 fully saturated rings. The largest absolute Gasteiger partial charge is 0.345 e. The summed E-state index contributed by atoms with van der Waals surface area (Å²) in [5.41, 5.74) is 8.27. The summed E-state index contributed by atoms with van der Waals surface area (Å²) in [4.78, 5) is 2.21. The molecule has 0 aliphatic heterocycles. The molecular formula is C29H30ClN3S. The molecule has 0 saturated carbocycles. The summed E-state index contributed by atoms with van der Waals surface area (Å²) >= 11 is 12.2. The lowest BCUT2D eigenvalue weighted by molar-refractivity contribution is 0.399. The Bertz CT molecular complexity index is 1280. The molecule has 4 rings (SSSR count). The standard InChI is InChI=1S/C29H30ClN3S/c1-21-14-15-25(22(2)17-21)19-32-16-8-11-26(32)20-33(18-24-9-5-4-6-10-24)29(34)31-28-13-7-12-27(30)23(28)3/h4-17H,18-20H2,1-3H3,(H,31,34). The fourth-order valence-electron chi connectivity index (χ4n) is 4.09. The van der Waals surface area contributed by atoms with Gasteiger partial charge in [0.25, 0.3) is 0 Å². The van der Waals surface area contributed by atoms with Crippen molar-refractivity contribution in [3.8, 4) is 0 Å². The van der Waals surface area contributed by atoms with E-state index < -0.39 is 0 Å². The van der Waals surface area contributed by atoms with Crippen LogP contribution in [0.15, 0.2) is 85.1 Å². The van der Waals surface area contributed by atoms with Gasteiger partial charge in [-0.05, 0) is 79.5 Å². The van der Waals surface area contributed by atoms with Crippen LogP contribution in [-0.4, -0.2) is 14.6 Å². The second-order valence-electron chi connectivity index (χ2n) is 8.74. The van der Waals surface area contributed by atoms with E-state index >= 15 is 0 Å². The number of anilines is 1. The van der Waals surface area contributed by atoms with E-state index in [1.165, 1.54) is 27.9 Å². The first kappa shape index (κ1) is 24.1. The van der Waals surface area contributed by atoms with Crippen LogP contribution in [0, 0.1) is 20.8 Å². The molecule has 1 heterocycles. The number of hydrogen-bond donors (Lipinski definition) is 1. The number of thiocarbonyl (C=S) groups is 1. The van der Waals surface area contributed by atoms with E-state index in [-0.39, 0.29) is 0 Å². The summed E-state index contributed by atoms with van der Waals surface area (Å²) in [6, 6.07) is 27.2. The number of aryl methyl sites for hydroxylation is 2. The van der Waals surface area contributed by atoms with Crippen LogP contribution in [0.4, 0.5) is 5.69 Å². The van der Waals surface area contributed by atoms with Crippen LogP contribution in [0.2, 0.25) is 5.02 Å². The van der Waals surface area contributed by atoms with Gasteiger partial charge in [0.05, 0.1) is 6.54 Å². The number of nitrogens with one attached hydrogen (secondary N) is 1. The molecule has 3 aromatic carbocycles. The van der Waals surface area contributed by atoms with Crippen molar-refractivity contribution in [2.45, 2.75) is 40.4 Å². The molecular weight excluding hydrogens is 458 g/mol. The Balaban J connectivity index is 1.58. The molecule has 1 aromatic heterocycles. The molecule has 0 amide bonds. The Hall–Kier alpha value is -3.08. The van der Waals surface area contributed by atoms with Gasteiger partial charge in [-0.15, -0.1) is 0 Å². The topological polar surface area (TPSA) is 20.2 Å². The molecule has 0 aliphatic rings. The molecule has 0 spiro atoms. The molecule has 0 radical (unpaired) electrons. The molecule has 0 bridgehead atoms. The Morgan fingerprint density at radius 3 is 2.47 bits per heavy atom. The fraction of sp³-hybridized carbons (Fsp3) is 0.207. The molecule has 5 heteroatoms. The molecule has 0 aliphatic carbocycles. The number of nitrogens with zero attached hydrogens (tertiary/aromatic N) is 2. The van der Waals surface area contributed by atoms with Crippen LogP contribution in [0.1, 0.15) is 33.5 Å². The molecule has 0 atom stereocenters. The average Bonchev–Trinajstić information content (AvgIpc) is 3.25. The molecule has 1 N–H and O–H groups in total. The third-order valence-electron chi connectivity index (χ3n) is 6.13. The number of halogens is 1. The lowest BCUT2D eigenvalue weighted by atomic mass is 10.1. The van der Waals surface area contributed by atoms with Crippen molar-refractivity contribution in [3.63, 3.8) is 0 Å². The van der Waals surface area contributed by atoms with Gasteiger partial charge in [0, 0.05) is 35.7 Å². The van der Waals surface area contributed by atoms with Gasteiger partial charge in [-0.1, -0.05) is 71.8 Å². The van der Waals surface area contributed by atoms with Gasteiger partial charge < -0.3 is 14.8 Å². The van der Waals surface area contributed by atoms with Crippen LogP contribution >= 0.6 is 23.8 Å². The van der Waals surface area contributed by atoms with Crippen molar-refractivity contribution >= 4 is 34.6 Å². The van der Waals surface area contributed by atoms with Gasteiger partial charge in [0.15, 0.2) is 5.11 Å². The monoisotopic (exact) mass is 487 g/mol. The first-order valence-electron chi connectivity index (χ1n) is 11.5. The smallest absolute Gasteiger partial charge is 0.174 e. The predicted molar refractivity (Wildman–Crippen MR) is 148 cm³/mol. The molecule has 34 heavy (non-hydrogen) atoms. The maximum atomic E-state index is 6.34. The van der Waals surface area contributed by atoms with Crippen LogP contribution < -0.4 is 5.32 Å². The lowest BCUT2D eigenvalue weighted by Gasteiger charge is -2.27. The highest BCUT2D eigenvalue weighted by Gasteiger charge is 2.15. The highest BCUT2D eigenvalue weighted by Crippen LogP contribution is 2.24. The molecule has 0 saturated heterocycles. The van der Waals surface area contributed by atoms with Crippen LogP contribution in [0.25, 0.3) is 0 Å². The van der Waals surface area contributed by atoms with Crippen molar-refractivity contribution in [1.29, 1.82) is 0 Å². The van der Waals surface area contributed by atoms with Crippen molar-refractivity contribution in [1.82, 2.24) is 9.47 Å². The summed E-state index contributed by atoms with van der Waals surface area (Å²) in [6.45, 7) is 8.55. The highest BCUT2D eigenvalue weighted by molar-refractivity contribution is 7.80. The van der Waals surface area contributed by atoms with E-state index in [0.717, 1.165) is 22.8 Å². The number of benzene rings is 3. The van der Waals surface area contributed by atoms with Gasteiger partial charge in [-0.3, -0.25) is 0 Å². The second-order valence-corrected chi connectivity index (χ2v) is 9.54. The number of hydrogen-bond acceptors (Lipinski definition) is 1. The molecule has 0 unspecified atom stereocenters. The minimum atomic E-state index is 0.675. The third kappa shape index (κ3) is 5.88. The van der Waals surface area contributed by atoms with Crippen molar-refractivity contribution in [2.75, 3.05) is 5.32 Å². The highest BCUT2D eigenvalue weighted by atomic mass is 35.5. The summed E-state index contributed by atoms with van der Waals surface area (Å²) in [7, 11) is 0. The Morgan fingerprint density at radius 2 is 1.71 bits per heavy atom. The first-order valence-corrected chi connectivity index (χ1v) is 12.2. The maximum absolute atomic E-state index is 6.34. The predicted octanol–water partition coefficient (Wildman–Crippen LogP) is 7.51. The molecule has 4 aromatic rings. The fourth-order valence-corrected chi connectivity index (χ4v) is 4.50. The van der Waals surface area contributed by atoms with E-state index in [2.05, 4.69) is 89.4 Å². The van der Waals surface area contributed by atoms with E-state index in [0.29, 0.717) is 18.2 Å². The van der Waals surface area contributed by atoms with Crippen LogP contribution in [0.3, 0.4) is 0 Å². The van der Waals surface area contributed by atoms with E-state index in [1.807, 2.05) is 31.2 Å². The van der Waals surface area contributed by atoms with Gasteiger partial charge in [-0.25, -0.2) is 0 Å². The lowest BCUT2D eigenvalue weighted by Crippen LogP contribution is -2.34. The van der Waals surface area contributed by atoms with Gasteiger partial charge in [-0.2, -0.15) is 0 Å². The average molecular weight is 488 g/mol. The molecule has 174 valence electrons. The minimum Gasteiger partial charge on any atom is -0.345 e. The quantitative estimate of drug-likeness (QED) is 0.272. The van der Waals surface area contributed by atoms with Gasteiger partial charge in [0.1, 0.15) is 0 Å². The SMILES string of the molecule is Cc1ccc(Cn2cccc2CN(Cc2ccccc2)C(=S)Nc2cccc(Cl)c2C)c(C)c1. The normalized spacial score (nSPS) is 10.8. The maximum Gasteiger partial charge on any atom is 0.174 e. The van der Waals surface area contributed by atoms with E-state index in [9.17, 15) is 0 Å². The Morgan fingerprint density at radius 1 is 0.912 bits per heavy atom. The third-order valence-corrected chi connectivity index (χ3v) is 6.90. The molecule has 3 nitrogen and oxygen atoms in total. The summed E-state index contributed by atoms with van der Waals surface area (Å²) in [5.74, 6) is 0. The van der Waals surface area contributed by atoms with E-state index in [4.69, 9.17) is 23.8 Å². The summed E-state index contributed by atoms with van der Waals surface area (Å²) in [5, 5.41) is 4.83. The number of aromatic nitrogens is 1. The second kappa shape index (κ2) is 10.9. The van der Waals surface area contributed by atoms with Crippen LogP contribution in [0.5, 0.6) is 0 Å². The van der Waals surface area contributed by atoms with Gasteiger partial charge in [0.2, 0.25) is 0 Å². The van der Waals surface area contributed by atoms with Crippen molar-refractivity contribution in [3.05, 3.63) is 124 Å². The number of rotatable bonds is 7. The Labute approximate surface area is 213 Å². The van der Waals surface area contributed by atoms with Gasteiger partial charge >= 0.3 is 0 Å². The zero-order chi connectivity index (χ0) is 24.1. The Kier molecular flexibility index (Phi) is 7.71. The van der Waals surface area contributed by atoms with Crippen LogP contribution in [-0.2, 0) is 19.6 Å². The minimum absolute atomic E-state index is 0.675. The zero-order valence-electron chi connectivity index (χ0n) is 19.9. The van der Waals surface area contributed by atoms with E-state index in [1.54, 1.807) is 0 Å². The van der Waals surface area contributed by atoms with Crippen molar-refractivity contribution in [2.24, 2.45) is 0 Å². The zero-order valence-corrected chi connectivity index (χ0v) is 21.5. The first-order chi connectivity index (χ1) is 16.4. The summed E-state index contributed by atoms with van der Waals surface area (Å²) in [6.07, 6.45) is 2.15.